The van der Waals surface area contributed by atoms with Crippen molar-refractivity contribution in [1.82, 2.24) is 0 Å². The maximum atomic E-state index is 4.21. The third kappa shape index (κ3) is 14.7. The molecule has 2 fully saturated rings. The molecule has 4 aliphatic carbocycles. The molecule has 4 aliphatic rings. The quantitative estimate of drug-likeness (QED) is 0.0746. The second kappa shape index (κ2) is 31.5. The number of nitrogens with one attached hydrogen (secondary N) is 2. The summed E-state index contributed by atoms with van der Waals surface area (Å²) in [5.41, 5.74) is 27.1. The van der Waals surface area contributed by atoms with Crippen molar-refractivity contribution in [2.75, 3.05) is 46.6 Å². The van der Waals surface area contributed by atoms with E-state index in [2.05, 4.69) is 366 Å². The summed E-state index contributed by atoms with van der Waals surface area (Å²) in [4.78, 5) is 4.84. The molecule has 520 valence electrons. The lowest BCUT2D eigenvalue weighted by Crippen LogP contribution is -2.36. The summed E-state index contributed by atoms with van der Waals surface area (Å²) in [5.74, 6) is 2.63. The lowest BCUT2D eigenvalue weighted by molar-refractivity contribution is -0.435. The maximum Gasteiger partial charge on any atom is 0.208 e. The van der Waals surface area contributed by atoms with Gasteiger partial charge in [-0.15, -0.1) is 0 Å². The first-order chi connectivity index (χ1) is 50.4. The van der Waals surface area contributed by atoms with Crippen LogP contribution in [0.25, 0.3) is 32.7 Å². The Hall–Kier alpha value is -10.3. The highest BCUT2D eigenvalue weighted by Crippen LogP contribution is 2.45. The van der Waals surface area contributed by atoms with Crippen LogP contribution in [0.15, 0.2) is 278 Å². The lowest BCUT2D eigenvalue weighted by Gasteiger charge is -2.40. The minimum absolute atomic E-state index is 0.413. The molecular formula is C97H104N6+2. The van der Waals surface area contributed by atoms with Crippen LogP contribution >= 0.6 is 0 Å². The Bertz CT molecular complexity index is 4660. The molecule has 0 saturated heterocycles. The molecule has 0 bridgehead atoms. The number of allylic oxidation sites excluding steroid dienone is 10. The van der Waals surface area contributed by atoms with Gasteiger partial charge in [-0.3, -0.25) is 0 Å². The van der Waals surface area contributed by atoms with Crippen molar-refractivity contribution in [2.45, 2.75) is 126 Å². The Kier molecular flexibility index (Phi) is 21.4. The highest BCUT2D eigenvalue weighted by atomic mass is 15.1. The molecule has 0 amide bonds. The van der Waals surface area contributed by atoms with Gasteiger partial charge in [-0.25, -0.2) is 0 Å². The van der Waals surface area contributed by atoms with Gasteiger partial charge < -0.3 is 20.4 Å². The number of para-hydroxylation sites is 4. The van der Waals surface area contributed by atoms with Crippen LogP contribution in [0.1, 0.15) is 131 Å². The van der Waals surface area contributed by atoms with Crippen molar-refractivity contribution in [2.24, 2.45) is 23.7 Å². The van der Waals surface area contributed by atoms with Gasteiger partial charge in [0, 0.05) is 118 Å². The SMILES string of the molecule is CCN(c1ccc(C(=C2C=CC(=[N+](CC)c3ccccc3C)C=C2)c2ccc(NC3CCC(CC4CCC(Nc5ccc(C(=C6C=CC(=[N+](CC)c7ccccc7C)C=C6)c6ccc(N(CC)c7ccccc7C)cc6)c6ccccc56)C(C)C4)CC3C)c3ccccc23)cc1)c1ccccc1C. The fourth-order valence-corrected chi connectivity index (χ4v) is 17.6. The van der Waals surface area contributed by atoms with Crippen LogP contribution in [0.4, 0.5) is 45.5 Å². The van der Waals surface area contributed by atoms with Crippen LogP contribution in [-0.2, 0) is 0 Å². The Morgan fingerprint density at radius 3 is 1.07 bits per heavy atom. The van der Waals surface area contributed by atoms with Gasteiger partial charge in [-0.2, -0.15) is 9.15 Å². The minimum Gasteiger partial charge on any atom is -0.382 e. The van der Waals surface area contributed by atoms with E-state index >= 15 is 0 Å². The zero-order chi connectivity index (χ0) is 71.1. The van der Waals surface area contributed by atoms with E-state index in [4.69, 9.17) is 0 Å². The summed E-state index contributed by atoms with van der Waals surface area (Å²) < 4.78 is 4.84. The zero-order valence-corrected chi connectivity index (χ0v) is 62.4. The van der Waals surface area contributed by atoms with Crippen molar-refractivity contribution in [1.29, 1.82) is 0 Å². The van der Waals surface area contributed by atoms with Crippen LogP contribution in [0.2, 0.25) is 0 Å². The maximum absolute atomic E-state index is 4.21. The number of anilines is 6. The summed E-state index contributed by atoms with van der Waals surface area (Å²) in [7, 11) is 0. The molecule has 0 aliphatic heterocycles. The van der Waals surface area contributed by atoms with Crippen molar-refractivity contribution in [3.05, 3.63) is 323 Å². The summed E-state index contributed by atoms with van der Waals surface area (Å²) in [5, 5.41) is 13.5. The summed E-state index contributed by atoms with van der Waals surface area (Å²) in [6, 6.07) is 82.1. The number of aryl methyl sites for hydroxylation is 4. The topological polar surface area (TPSA) is 36.6 Å². The van der Waals surface area contributed by atoms with E-state index in [0.29, 0.717) is 23.9 Å². The third-order valence-corrected chi connectivity index (χ3v) is 23.1. The molecule has 10 aromatic carbocycles. The van der Waals surface area contributed by atoms with E-state index in [-0.39, 0.29) is 0 Å². The number of hydrogen-bond acceptors (Lipinski definition) is 4. The molecule has 6 nitrogen and oxygen atoms in total. The van der Waals surface area contributed by atoms with Crippen molar-refractivity contribution in [3.8, 4) is 0 Å². The molecular weight excluding hydrogens is 1250 g/mol. The monoisotopic (exact) mass is 1350 g/mol. The van der Waals surface area contributed by atoms with Gasteiger partial charge in [0.25, 0.3) is 0 Å². The Labute approximate surface area is 614 Å². The predicted octanol–water partition coefficient (Wildman–Crippen LogP) is 24.5. The van der Waals surface area contributed by atoms with Crippen LogP contribution in [0.5, 0.6) is 0 Å². The van der Waals surface area contributed by atoms with Crippen LogP contribution in [-0.4, -0.2) is 58.8 Å². The van der Waals surface area contributed by atoms with Crippen LogP contribution < -0.4 is 20.4 Å². The van der Waals surface area contributed by atoms with E-state index in [1.54, 1.807) is 0 Å². The van der Waals surface area contributed by atoms with Crippen molar-refractivity contribution < 1.29 is 9.15 Å². The van der Waals surface area contributed by atoms with E-state index < -0.39 is 0 Å². The highest BCUT2D eigenvalue weighted by molar-refractivity contribution is 6.10. The second-order valence-corrected chi connectivity index (χ2v) is 29.5. The Morgan fingerprint density at radius 1 is 0.369 bits per heavy atom. The fourth-order valence-electron chi connectivity index (χ4n) is 17.6. The minimum atomic E-state index is 0.413. The van der Waals surface area contributed by atoms with Gasteiger partial charge in [-0.05, 0) is 263 Å². The van der Waals surface area contributed by atoms with E-state index in [0.717, 1.165) is 38.0 Å². The Balaban J connectivity index is 0.675. The van der Waals surface area contributed by atoms with Crippen LogP contribution in [0.3, 0.4) is 0 Å². The molecule has 6 atom stereocenters. The fraction of sp³-hybridized carbons (Fsp3) is 0.278. The molecule has 0 aromatic heterocycles. The van der Waals surface area contributed by atoms with Gasteiger partial charge in [-0.1, -0.05) is 172 Å². The zero-order valence-electron chi connectivity index (χ0n) is 62.4. The molecule has 0 radical (unpaired) electrons. The largest absolute Gasteiger partial charge is 0.382 e. The standard InChI is InChI=1S/C97H102N6/c1-11-100(92-35-23-15-27-66(92)5)78-49-41-74(42-50-78)96(75-43-51-79(52-44-75)101(12-2)93-36-24-16-28-67(93)6)86-57-61-90(84-33-21-19-31-82(84)86)98-88-59-39-72(63-70(88)9)65-73-40-60-89(71(10)64-73)99-91-62-58-87(83-32-20-22-34-85(83)91)97(76-45-53-80(54-46-76)102(13-3)94-37-25-17-29-68(94)7)77-47-55-81(56-48-77)103(14-4)95-38-26-18-30-69(95)8/h15-38,41-58,61-62,70-73,88-89H,11-14,39-40,59-60,63-65H2,1-10H3/p+2. The predicted molar refractivity (Wildman–Crippen MR) is 443 cm³/mol. The average Bonchev–Trinajstić information content (AvgIpc) is 0.767. The van der Waals surface area contributed by atoms with E-state index in [9.17, 15) is 0 Å². The molecule has 6 unspecified atom stereocenters. The van der Waals surface area contributed by atoms with Crippen molar-refractivity contribution >= 4 is 89.6 Å². The number of rotatable bonds is 20. The molecule has 0 spiro atoms. The number of benzene rings is 10. The van der Waals surface area contributed by atoms with Gasteiger partial charge in [0.15, 0.2) is 0 Å². The summed E-state index contributed by atoms with van der Waals surface area (Å²) in [6.45, 7) is 26.4. The van der Waals surface area contributed by atoms with Gasteiger partial charge in [0.2, 0.25) is 22.8 Å². The van der Waals surface area contributed by atoms with Gasteiger partial charge in [0.1, 0.15) is 13.1 Å². The number of nitrogens with zero attached hydrogens (tertiary/aromatic N) is 4. The third-order valence-electron chi connectivity index (χ3n) is 23.1. The van der Waals surface area contributed by atoms with Crippen molar-refractivity contribution in [3.63, 3.8) is 0 Å². The highest BCUT2D eigenvalue weighted by Gasteiger charge is 2.34. The second-order valence-electron chi connectivity index (χ2n) is 29.5. The lowest BCUT2D eigenvalue weighted by atomic mass is 9.70. The average molecular weight is 1350 g/mol. The number of hydrogen-bond donors (Lipinski definition) is 2. The normalized spacial score (nSPS) is 18.7. The number of fused-ring (bicyclic) bond motifs is 2. The van der Waals surface area contributed by atoms with E-state index in [1.165, 1.54) is 190 Å². The summed E-state index contributed by atoms with van der Waals surface area (Å²) >= 11 is 0. The Morgan fingerprint density at radius 2 is 0.718 bits per heavy atom. The molecule has 6 heteroatoms. The molecule has 14 rings (SSSR count). The molecule has 0 heterocycles. The molecule has 2 N–H and O–H groups in total. The molecule has 10 aromatic rings. The van der Waals surface area contributed by atoms with E-state index in [1.807, 2.05) is 0 Å². The summed E-state index contributed by atoms with van der Waals surface area (Å²) in [6.07, 6.45) is 27.4. The smallest absolute Gasteiger partial charge is 0.208 e. The van der Waals surface area contributed by atoms with Gasteiger partial charge in [0.05, 0.1) is 0 Å². The first-order valence-corrected chi connectivity index (χ1v) is 38.4. The first-order valence-electron chi connectivity index (χ1n) is 38.4. The van der Waals surface area contributed by atoms with Gasteiger partial charge >= 0.3 is 0 Å². The first kappa shape index (κ1) is 69.8. The van der Waals surface area contributed by atoms with Crippen LogP contribution in [0, 0.1) is 51.4 Å². The molecule has 2 saturated carbocycles. The molecule has 103 heavy (non-hydrogen) atoms.